The smallest absolute Gasteiger partial charge is 0.355 e. The molecule has 0 aliphatic rings. The lowest BCUT2D eigenvalue weighted by Crippen LogP contribution is -2.37. The van der Waals surface area contributed by atoms with Gasteiger partial charge >= 0.3 is 5.97 Å². The number of aryl methyl sites for hydroxylation is 1. The van der Waals surface area contributed by atoms with Crippen molar-refractivity contribution in [3.8, 4) is 0 Å². The van der Waals surface area contributed by atoms with Crippen LogP contribution in [0.4, 0.5) is 5.69 Å². The molecule has 0 bridgehead atoms. The quantitative estimate of drug-likeness (QED) is 0.402. The van der Waals surface area contributed by atoms with Crippen molar-refractivity contribution in [1.29, 1.82) is 0 Å². The van der Waals surface area contributed by atoms with Crippen LogP contribution in [0.25, 0.3) is 0 Å². The average Bonchev–Trinajstić information content (AvgIpc) is 3.08. The zero-order chi connectivity index (χ0) is 21.6. The molecule has 29 heavy (non-hydrogen) atoms. The van der Waals surface area contributed by atoms with Gasteiger partial charge in [-0.25, -0.2) is 4.79 Å². The maximum atomic E-state index is 12.2. The third kappa shape index (κ3) is 5.95. The molecule has 0 spiro atoms. The van der Waals surface area contributed by atoms with E-state index in [0.29, 0.717) is 11.3 Å². The second kappa shape index (κ2) is 9.92. The topological polar surface area (TPSA) is 97.7 Å². The van der Waals surface area contributed by atoms with Gasteiger partial charge in [0.05, 0.1) is 12.2 Å². The number of hydrogen-bond acceptors (Lipinski definition) is 6. The molecule has 8 nitrogen and oxygen atoms in total. The van der Waals surface area contributed by atoms with Crippen LogP contribution >= 0.6 is 11.8 Å². The first-order valence-corrected chi connectivity index (χ1v) is 9.96. The van der Waals surface area contributed by atoms with Crippen molar-refractivity contribution in [1.82, 2.24) is 9.47 Å². The monoisotopic (exact) mass is 417 g/mol. The van der Waals surface area contributed by atoms with Crippen molar-refractivity contribution in [3.05, 3.63) is 47.8 Å². The first-order chi connectivity index (χ1) is 13.7. The van der Waals surface area contributed by atoms with E-state index in [4.69, 9.17) is 4.74 Å². The van der Waals surface area contributed by atoms with Gasteiger partial charge in [0, 0.05) is 30.8 Å². The Morgan fingerprint density at radius 1 is 1.21 bits per heavy atom. The van der Waals surface area contributed by atoms with Crippen LogP contribution in [-0.4, -0.2) is 59.5 Å². The lowest BCUT2D eigenvalue weighted by molar-refractivity contribution is -0.136. The third-order valence-electron chi connectivity index (χ3n) is 4.13. The number of Topliss-reactive ketones (excluding diaryl/α,β-unsaturated/α-hetero) is 1. The van der Waals surface area contributed by atoms with E-state index < -0.39 is 18.5 Å². The highest BCUT2D eigenvalue weighted by molar-refractivity contribution is 7.98. The Labute approximate surface area is 173 Å². The van der Waals surface area contributed by atoms with E-state index in [1.165, 1.54) is 47.5 Å². The summed E-state index contributed by atoms with van der Waals surface area (Å²) < 4.78 is 6.49. The first kappa shape index (κ1) is 22.2. The van der Waals surface area contributed by atoms with Gasteiger partial charge in [0.25, 0.3) is 5.91 Å². The van der Waals surface area contributed by atoms with Gasteiger partial charge in [-0.05, 0) is 31.4 Å². The zero-order valence-corrected chi connectivity index (χ0v) is 17.5. The molecule has 1 aromatic carbocycles. The number of likely N-dealkylation sites (N-methyl/N-ethyl adjacent to an activating group) is 1. The van der Waals surface area contributed by atoms with Crippen LogP contribution in [0.2, 0.25) is 0 Å². The number of nitrogens with zero attached hydrogens (tertiary/aromatic N) is 2. The van der Waals surface area contributed by atoms with E-state index in [2.05, 4.69) is 5.32 Å². The molecule has 0 fully saturated rings. The second-order valence-electron chi connectivity index (χ2n) is 6.36. The lowest BCUT2D eigenvalue weighted by atomic mass is 10.2. The molecule has 0 aliphatic heterocycles. The molecule has 1 heterocycles. The molecule has 0 atom stereocenters. The van der Waals surface area contributed by atoms with Crippen LogP contribution < -0.4 is 5.32 Å². The molecule has 154 valence electrons. The van der Waals surface area contributed by atoms with Gasteiger partial charge in [-0.15, -0.1) is 11.8 Å². The average molecular weight is 417 g/mol. The Morgan fingerprint density at radius 2 is 1.90 bits per heavy atom. The van der Waals surface area contributed by atoms with Crippen molar-refractivity contribution in [3.63, 3.8) is 0 Å². The Hall–Kier alpha value is -3.07. The Kier molecular flexibility index (Phi) is 7.60. The van der Waals surface area contributed by atoms with E-state index in [9.17, 15) is 19.2 Å². The Morgan fingerprint density at radius 3 is 2.52 bits per heavy atom. The number of carbonyl (C=O) groups is 4. The van der Waals surface area contributed by atoms with E-state index >= 15 is 0 Å². The molecule has 9 heteroatoms. The van der Waals surface area contributed by atoms with Crippen LogP contribution in [0.1, 0.15) is 27.8 Å². The van der Waals surface area contributed by atoms with Crippen LogP contribution in [0.5, 0.6) is 0 Å². The highest BCUT2D eigenvalue weighted by Crippen LogP contribution is 2.24. The number of anilines is 1. The fourth-order valence-electron chi connectivity index (χ4n) is 2.51. The number of nitrogens with one attached hydrogen (secondary N) is 1. The number of carbonyl (C=O) groups excluding carboxylic acids is 4. The molecule has 0 radical (unpaired) electrons. The predicted octanol–water partition coefficient (Wildman–Crippen LogP) is 2.20. The maximum absolute atomic E-state index is 12.2. The number of benzene rings is 1. The van der Waals surface area contributed by atoms with Gasteiger partial charge in [-0.3, -0.25) is 14.4 Å². The minimum atomic E-state index is -0.722. The highest BCUT2D eigenvalue weighted by atomic mass is 32.2. The lowest BCUT2D eigenvalue weighted by Gasteiger charge is -2.17. The third-order valence-corrected chi connectivity index (χ3v) is 4.93. The van der Waals surface area contributed by atoms with Crippen molar-refractivity contribution < 1.29 is 23.9 Å². The number of amides is 2. The summed E-state index contributed by atoms with van der Waals surface area (Å²) in [5.41, 5.74) is 1.21. The van der Waals surface area contributed by atoms with E-state index in [1.807, 2.05) is 24.5 Å². The van der Waals surface area contributed by atoms with Gasteiger partial charge in [-0.2, -0.15) is 0 Å². The van der Waals surface area contributed by atoms with Gasteiger partial charge in [-0.1, -0.05) is 12.1 Å². The fraction of sp³-hybridized carbons (Fsp3) is 0.300. The van der Waals surface area contributed by atoms with Crippen LogP contribution in [-0.2, 0) is 21.4 Å². The Bertz CT molecular complexity index is 938. The number of aromatic nitrogens is 1. The minimum Gasteiger partial charge on any atom is -0.451 e. The molecule has 2 aromatic rings. The zero-order valence-electron chi connectivity index (χ0n) is 16.7. The van der Waals surface area contributed by atoms with Crippen molar-refractivity contribution in [2.45, 2.75) is 11.8 Å². The minimum absolute atomic E-state index is 0.164. The highest BCUT2D eigenvalue weighted by Gasteiger charge is 2.19. The summed E-state index contributed by atoms with van der Waals surface area (Å²) in [6.45, 7) is 0.702. The van der Waals surface area contributed by atoms with Crippen molar-refractivity contribution >= 4 is 41.0 Å². The van der Waals surface area contributed by atoms with Crippen LogP contribution in [0.15, 0.2) is 41.4 Å². The second-order valence-corrected chi connectivity index (χ2v) is 7.20. The summed E-state index contributed by atoms with van der Waals surface area (Å²) in [4.78, 5) is 50.0. The maximum Gasteiger partial charge on any atom is 0.355 e. The molecule has 1 aromatic heterocycles. The van der Waals surface area contributed by atoms with Gasteiger partial charge < -0.3 is 19.5 Å². The summed E-state index contributed by atoms with van der Waals surface area (Å²) in [5, 5.41) is 2.76. The summed E-state index contributed by atoms with van der Waals surface area (Å²) in [6.07, 6.45) is 3.42. The van der Waals surface area contributed by atoms with E-state index in [1.54, 1.807) is 13.1 Å². The number of ketones is 1. The molecule has 0 unspecified atom stereocenters. The number of para-hydroxylation sites is 1. The molecule has 2 rings (SSSR count). The number of thioether (sulfide) groups is 1. The molecule has 0 saturated heterocycles. The van der Waals surface area contributed by atoms with Gasteiger partial charge in [0.2, 0.25) is 5.91 Å². The molecule has 0 aliphatic carbocycles. The summed E-state index contributed by atoms with van der Waals surface area (Å²) >= 11 is 1.50. The Balaban J connectivity index is 1.88. The largest absolute Gasteiger partial charge is 0.451 e. The summed E-state index contributed by atoms with van der Waals surface area (Å²) in [7, 11) is 3.06. The van der Waals surface area contributed by atoms with E-state index in [-0.39, 0.29) is 23.9 Å². The first-order valence-electron chi connectivity index (χ1n) is 8.74. The van der Waals surface area contributed by atoms with Gasteiger partial charge in [0.1, 0.15) is 5.69 Å². The van der Waals surface area contributed by atoms with Crippen molar-refractivity contribution in [2.75, 3.05) is 31.8 Å². The SMILES string of the molecule is CSc1ccccc1NC(=O)CN(C)C(=O)COC(=O)c1cc(C(C)=O)cn1C. The standard InChI is InChI=1S/C20H23N3O5S/c1-13(24)14-9-16(22(2)10-14)20(27)28-12-19(26)23(3)11-18(25)21-15-7-5-6-8-17(15)29-4/h5-10H,11-12H2,1-4H3,(H,21,25). The number of esters is 1. The summed E-state index contributed by atoms with van der Waals surface area (Å²) in [5.74, 6) is -1.78. The van der Waals surface area contributed by atoms with Crippen LogP contribution in [0.3, 0.4) is 0 Å². The van der Waals surface area contributed by atoms with Crippen LogP contribution in [0, 0.1) is 0 Å². The van der Waals surface area contributed by atoms with Crippen molar-refractivity contribution in [2.24, 2.45) is 7.05 Å². The van der Waals surface area contributed by atoms with E-state index in [0.717, 1.165) is 4.90 Å². The number of rotatable bonds is 8. The number of hydrogen-bond donors (Lipinski definition) is 1. The molecule has 2 amide bonds. The molecular formula is C20H23N3O5S. The normalized spacial score (nSPS) is 10.3. The molecule has 1 N–H and O–H groups in total. The number of ether oxygens (including phenoxy) is 1. The fourth-order valence-corrected chi connectivity index (χ4v) is 3.07. The predicted molar refractivity (Wildman–Crippen MR) is 110 cm³/mol. The van der Waals surface area contributed by atoms with Gasteiger partial charge in [0.15, 0.2) is 12.4 Å². The molecular weight excluding hydrogens is 394 g/mol. The molecule has 0 saturated carbocycles. The summed E-state index contributed by atoms with van der Waals surface area (Å²) in [6, 6.07) is 8.76.